The van der Waals surface area contributed by atoms with Crippen LogP contribution in [0.15, 0.2) is 35.4 Å². The van der Waals surface area contributed by atoms with Gasteiger partial charge in [0.2, 0.25) is 0 Å². The minimum atomic E-state index is 0.0415. The average molecular weight is 299 g/mol. The highest BCUT2D eigenvalue weighted by Gasteiger charge is 2.52. The predicted molar refractivity (Wildman–Crippen MR) is 90.0 cm³/mol. The van der Waals surface area contributed by atoms with Crippen LogP contribution in [0.3, 0.4) is 0 Å². The fourth-order valence-electron chi connectivity index (χ4n) is 3.28. The third kappa shape index (κ3) is 2.68. The van der Waals surface area contributed by atoms with E-state index in [2.05, 4.69) is 38.0 Å². The molecule has 0 amide bonds. The molecule has 1 heterocycles. The number of para-hydroxylation sites is 1. The largest absolute Gasteiger partial charge is 0.306 e. The number of hydrogen-bond donors (Lipinski definition) is 1. The first-order chi connectivity index (χ1) is 10.3. The van der Waals surface area contributed by atoms with Crippen molar-refractivity contribution in [3.05, 3.63) is 40.9 Å². The molecule has 1 aromatic carbocycles. The molecule has 4 nitrogen and oxygen atoms in total. The van der Waals surface area contributed by atoms with Crippen LogP contribution in [0.4, 0.5) is 0 Å². The molecule has 0 radical (unpaired) electrons. The molecule has 22 heavy (non-hydrogen) atoms. The van der Waals surface area contributed by atoms with Crippen LogP contribution in [-0.4, -0.2) is 21.1 Å². The molecule has 0 saturated heterocycles. The molecular weight excluding hydrogens is 274 g/mol. The fourth-order valence-corrected chi connectivity index (χ4v) is 3.28. The maximum absolute atomic E-state index is 12.5. The Labute approximate surface area is 131 Å². The zero-order chi connectivity index (χ0) is 16.0. The van der Waals surface area contributed by atoms with Crippen LogP contribution in [0, 0.1) is 5.41 Å². The number of benzene rings is 1. The third-order valence-electron chi connectivity index (χ3n) is 4.91. The van der Waals surface area contributed by atoms with Gasteiger partial charge in [-0.1, -0.05) is 32.9 Å². The normalized spacial score (nSPS) is 18.4. The van der Waals surface area contributed by atoms with Crippen LogP contribution < -0.4 is 10.9 Å². The first-order valence-corrected chi connectivity index (χ1v) is 8.04. The van der Waals surface area contributed by atoms with Crippen LogP contribution >= 0.6 is 0 Å². The summed E-state index contributed by atoms with van der Waals surface area (Å²) >= 11 is 0. The molecule has 118 valence electrons. The van der Waals surface area contributed by atoms with Crippen molar-refractivity contribution in [2.24, 2.45) is 5.41 Å². The number of nitrogens with zero attached hydrogens (tertiary/aromatic N) is 2. The second-order valence-electron chi connectivity index (χ2n) is 7.60. The molecule has 0 bridgehead atoms. The fraction of sp³-hybridized carbons (Fsp3) is 0.556. The molecule has 1 aliphatic rings. The highest BCUT2D eigenvalue weighted by Crippen LogP contribution is 2.49. The van der Waals surface area contributed by atoms with Crippen molar-refractivity contribution in [1.29, 1.82) is 0 Å². The van der Waals surface area contributed by atoms with Crippen molar-refractivity contribution in [3.63, 3.8) is 0 Å². The van der Waals surface area contributed by atoms with Crippen molar-refractivity contribution in [2.45, 2.75) is 58.7 Å². The molecule has 2 aromatic rings. The van der Waals surface area contributed by atoms with E-state index in [9.17, 15) is 4.79 Å². The lowest BCUT2D eigenvalue weighted by Gasteiger charge is -2.34. The standard InChI is InChI=1S/C18H25N3O/c1-13(20-18(9-10-18)17(2,3)4)11-21-12-19-15-8-6-5-7-14(15)16(21)22/h5-8,12-13,20H,9-11H2,1-4H3. The lowest BCUT2D eigenvalue weighted by Crippen LogP contribution is -2.49. The quantitative estimate of drug-likeness (QED) is 0.944. The van der Waals surface area contributed by atoms with E-state index in [1.807, 2.05) is 24.3 Å². The van der Waals surface area contributed by atoms with E-state index in [0.29, 0.717) is 11.9 Å². The summed E-state index contributed by atoms with van der Waals surface area (Å²) in [6.45, 7) is 9.64. The van der Waals surface area contributed by atoms with Crippen LogP contribution in [-0.2, 0) is 6.54 Å². The number of nitrogens with one attached hydrogen (secondary N) is 1. The monoisotopic (exact) mass is 299 g/mol. The Morgan fingerprint density at radius 1 is 1.32 bits per heavy atom. The molecule has 1 unspecified atom stereocenters. The summed E-state index contributed by atoms with van der Waals surface area (Å²) in [5, 5.41) is 4.43. The Morgan fingerprint density at radius 2 is 2.00 bits per heavy atom. The second kappa shape index (κ2) is 5.20. The molecule has 0 aliphatic heterocycles. The Balaban J connectivity index is 1.79. The predicted octanol–water partition coefficient (Wildman–Crippen LogP) is 2.95. The molecule has 1 N–H and O–H groups in total. The smallest absolute Gasteiger partial charge is 0.261 e. The molecule has 4 heteroatoms. The molecule has 1 saturated carbocycles. The molecule has 3 rings (SSSR count). The third-order valence-corrected chi connectivity index (χ3v) is 4.91. The Hall–Kier alpha value is -1.68. The first kappa shape index (κ1) is 15.2. The van der Waals surface area contributed by atoms with E-state index in [0.717, 1.165) is 5.52 Å². The summed E-state index contributed by atoms with van der Waals surface area (Å²) in [5.74, 6) is 0. The van der Waals surface area contributed by atoms with E-state index in [1.54, 1.807) is 10.9 Å². The summed E-state index contributed by atoms with van der Waals surface area (Å²) < 4.78 is 1.72. The van der Waals surface area contributed by atoms with Crippen molar-refractivity contribution >= 4 is 10.9 Å². The van der Waals surface area contributed by atoms with Gasteiger partial charge in [-0.3, -0.25) is 9.36 Å². The van der Waals surface area contributed by atoms with Gasteiger partial charge in [-0.15, -0.1) is 0 Å². The van der Waals surface area contributed by atoms with Crippen molar-refractivity contribution < 1.29 is 0 Å². The average Bonchev–Trinajstić information content (AvgIpc) is 3.23. The number of rotatable bonds is 4. The van der Waals surface area contributed by atoms with Crippen LogP contribution in [0.2, 0.25) is 0 Å². The van der Waals surface area contributed by atoms with Gasteiger partial charge in [-0.25, -0.2) is 4.98 Å². The maximum Gasteiger partial charge on any atom is 0.261 e. The second-order valence-corrected chi connectivity index (χ2v) is 7.60. The van der Waals surface area contributed by atoms with Gasteiger partial charge in [-0.2, -0.15) is 0 Å². The Bertz CT molecular complexity index is 738. The minimum Gasteiger partial charge on any atom is -0.306 e. The van der Waals surface area contributed by atoms with Gasteiger partial charge in [0.15, 0.2) is 0 Å². The Morgan fingerprint density at radius 3 is 2.64 bits per heavy atom. The lowest BCUT2D eigenvalue weighted by atomic mass is 9.83. The maximum atomic E-state index is 12.5. The van der Waals surface area contributed by atoms with Gasteiger partial charge in [0.05, 0.1) is 17.2 Å². The highest BCUT2D eigenvalue weighted by molar-refractivity contribution is 5.76. The van der Waals surface area contributed by atoms with E-state index in [-0.39, 0.29) is 22.6 Å². The summed E-state index contributed by atoms with van der Waals surface area (Å²) in [4.78, 5) is 16.9. The van der Waals surface area contributed by atoms with Gasteiger partial charge in [-0.05, 0) is 37.3 Å². The molecule has 0 spiro atoms. The molecule has 1 aromatic heterocycles. The van der Waals surface area contributed by atoms with Gasteiger partial charge in [0.1, 0.15) is 0 Å². The summed E-state index contributed by atoms with van der Waals surface area (Å²) in [5.41, 5.74) is 1.27. The van der Waals surface area contributed by atoms with Gasteiger partial charge < -0.3 is 5.32 Å². The topological polar surface area (TPSA) is 46.9 Å². The van der Waals surface area contributed by atoms with Crippen LogP contribution in [0.25, 0.3) is 10.9 Å². The van der Waals surface area contributed by atoms with E-state index < -0.39 is 0 Å². The first-order valence-electron chi connectivity index (χ1n) is 8.04. The summed E-state index contributed by atoms with van der Waals surface area (Å²) in [6.07, 6.45) is 4.09. The molecule has 1 aliphatic carbocycles. The van der Waals surface area contributed by atoms with Crippen LogP contribution in [0.1, 0.15) is 40.5 Å². The lowest BCUT2D eigenvalue weighted by molar-refractivity contribution is 0.220. The van der Waals surface area contributed by atoms with Crippen molar-refractivity contribution in [1.82, 2.24) is 14.9 Å². The molecule has 1 fully saturated rings. The summed E-state index contributed by atoms with van der Waals surface area (Å²) in [7, 11) is 0. The van der Waals surface area contributed by atoms with Gasteiger partial charge in [0.25, 0.3) is 5.56 Å². The zero-order valence-corrected chi connectivity index (χ0v) is 13.9. The zero-order valence-electron chi connectivity index (χ0n) is 13.9. The Kier molecular flexibility index (Phi) is 3.60. The number of fused-ring (bicyclic) bond motifs is 1. The highest BCUT2D eigenvalue weighted by atomic mass is 16.1. The van der Waals surface area contributed by atoms with E-state index >= 15 is 0 Å². The van der Waals surface area contributed by atoms with E-state index in [1.165, 1.54) is 12.8 Å². The minimum absolute atomic E-state index is 0.0415. The van der Waals surface area contributed by atoms with Gasteiger partial charge >= 0.3 is 0 Å². The van der Waals surface area contributed by atoms with E-state index in [4.69, 9.17) is 0 Å². The van der Waals surface area contributed by atoms with Gasteiger partial charge in [0, 0.05) is 18.1 Å². The molecular formula is C18H25N3O. The van der Waals surface area contributed by atoms with Crippen LogP contribution in [0.5, 0.6) is 0 Å². The summed E-state index contributed by atoms with van der Waals surface area (Å²) in [6, 6.07) is 7.75. The van der Waals surface area contributed by atoms with Crippen molar-refractivity contribution in [2.75, 3.05) is 0 Å². The molecule has 1 atom stereocenters. The van der Waals surface area contributed by atoms with Crippen molar-refractivity contribution in [3.8, 4) is 0 Å². The SMILES string of the molecule is CC(Cn1cnc2ccccc2c1=O)NC1(C(C)(C)C)CC1. The number of aromatic nitrogens is 2. The number of hydrogen-bond acceptors (Lipinski definition) is 3.